The lowest BCUT2D eigenvalue weighted by atomic mass is 9.89. The number of aliphatic hydroxyl groups is 1. The third-order valence-electron chi connectivity index (χ3n) is 3.09. The summed E-state index contributed by atoms with van der Waals surface area (Å²) < 4.78 is 1.68. The Morgan fingerprint density at radius 3 is 2.72 bits per heavy atom. The van der Waals surface area contributed by atoms with E-state index in [2.05, 4.69) is 10.4 Å². The van der Waals surface area contributed by atoms with E-state index in [9.17, 15) is 4.79 Å². The zero-order valence-corrected chi connectivity index (χ0v) is 11.7. The number of nitrogens with zero attached hydrogens (tertiary/aromatic N) is 2. The van der Waals surface area contributed by atoms with Crippen LogP contribution in [0.2, 0.25) is 0 Å². The summed E-state index contributed by atoms with van der Waals surface area (Å²) >= 11 is 0. The summed E-state index contributed by atoms with van der Waals surface area (Å²) in [6.45, 7) is 6.71. The summed E-state index contributed by atoms with van der Waals surface area (Å²) in [4.78, 5) is 11.8. The maximum Gasteiger partial charge on any atom is 0.271 e. The predicted molar refractivity (Wildman–Crippen MR) is 70.4 cm³/mol. The Bertz CT molecular complexity index is 391. The van der Waals surface area contributed by atoms with Gasteiger partial charge in [-0.2, -0.15) is 5.10 Å². The van der Waals surface area contributed by atoms with Crippen LogP contribution >= 0.6 is 0 Å². The minimum Gasteiger partial charge on any atom is -0.396 e. The molecule has 1 heterocycles. The lowest BCUT2D eigenvalue weighted by Crippen LogP contribution is -2.26. The van der Waals surface area contributed by atoms with Gasteiger partial charge in [0.25, 0.3) is 5.91 Å². The molecule has 0 atom stereocenters. The number of hydrogen-bond acceptors (Lipinski definition) is 3. The molecule has 0 saturated carbocycles. The highest BCUT2D eigenvalue weighted by atomic mass is 16.3. The van der Waals surface area contributed by atoms with Gasteiger partial charge in [-0.05, 0) is 31.2 Å². The Labute approximate surface area is 108 Å². The molecule has 0 aromatic carbocycles. The van der Waals surface area contributed by atoms with Gasteiger partial charge in [0.2, 0.25) is 0 Å². The third-order valence-corrected chi connectivity index (χ3v) is 3.09. The zero-order valence-electron chi connectivity index (χ0n) is 11.7. The monoisotopic (exact) mass is 253 g/mol. The van der Waals surface area contributed by atoms with Gasteiger partial charge in [-0.15, -0.1) is 0 Å². The summed E-state index contributed by atoms with van der Waals surface area (Å²) in [7, 11) is 1.82. The third kappa shape index (κ3) is 4.14. The standard InChI is InChI=1S/C13H23N3O2/c1-10-8-11(15-16(10)4)12(18)14-7-5-6-13(2,3)9-17/h8,17H,5-7,9H2,1-4H3,(H,14,18). The summed E-state index contributed by atoms with van der Waals surface area (Å²) in [6, 6.07) is 1.77. The molecule has 5 nitrogen and oxygen atoms in total. The topological polar surface area (TPSA) is 67.2 Å². The number of nitrogens with one attached hydrogen (secondary N) is 1. The van der Waals surface area contributed by atoms with Crippen LogP contribution in [0.1, 0.15) is 42.9 Å². The van der Waals surface area contributed by atoms with Gasteiger partial charge in [0.1, 0.15) is 5.69 Å². The average Bonchev–Trinajstić information content (AvgIpc) is 2.65. The van der Waals surface area contributed by atoms with Crippen molar-refractivity contribution in [2.45, 2.75) is 33.6 Å². The molecule has 0 fully saturated rings. The van der Waals surface area contributed by atoms with Crippen molar-refractivity contribution in [1.82, 2.24) is 15.1 Å². The van der Waals surface area contributed by atoms with E-state index in [-0.39, 0.29) is 17.9 Å². The molecular weight excluding hydrogens is 230 g/mol. The van der Waals surface area contributed by atoms with Gasteiger partial charge in [0, 0.05) is 25.9 Å². The van der Waals surface area contributed by atoms with E-state index < -0.39 is 0 Å². The maximum absolute atomic E-state index is 11.8. The van der Waals surface area contributed by atoms with Crippen LogP contribution in [-0.2, 0) is 7.05 Å². The first-order chi connectivity index (χ1) is 8.35. The quantitative estimate of drug-likeness (QED) is 0.750. The van der Waals surface area contributed by atoms with Crippen molar-refractivity contribution in [3.8, 4) is 0 Å². The molecule has 0 aliphatic heterocycles. The molecule has 0 spiro atoms. The molecule has 1 aromatic heterocycles. The number of aromatic nitrogens is 2. The van der Waals surface area contributed by atoms with Crippen molar-refractivity contribution in [3.63, 3.8) is 0 Å². The summed E-state index contributed by atoms with van der Waals surface area (Å²) in [5, 5.41) is 16.1. The highest BCUT2D eigenvalue weighted by Gasteiger charge is 2.16. The van der Waals surface area contributed by atoms with Crippen LogP contribution < -0.4 is 5.32 Å². The number of amides is 1. The Balaban J connectivity index is 2.34. The second kappa shape index (κ2) is 6.00. The van der Waals surface area contributed by atoms with Gasteiger partial charge in [0.15, 0.2) is 0 Å². The Hall–Kier alpha value is -1.36. The fourth-order valence-corrected chi connectivity index (χ4v) is 1.61. The second-order valence-electron chi connectivity index (χ2n) is 5.48. The van der Waals surface area contributed by atoms with E-state index in [1.165, 1.54) is 0 Å². The van der Waals surface area contributed by atoms with E-state index in [4.69, 9.17) is 5.11 Å². The molecule has 0 aliphatic rings. The molecule has 2 N–H and O–H groups in total. The SMILES string of the molecule is Cc1cc(C(=O)NCCCC(C)(C)CO)nn1C. The van der Waals surface area contributed by atoms with Crippen molar-refractivity contribution in [1.29, 1.82) is 0 Å². The second-order valence-corrected chi connectivity index (χ2v) is 5.48. The fraction of sp³-hybridized carbons (Fsp3) is 0.692. The van der Waals surface area contributed by atoms with Crippen LogP contribution in [-0.4, -0.2) is 33.9 Å². The van der Waals surface area contributed by atoms with Crippen molar-refractivity contribution in [2.75, 3.05) is 13.2 Å². The van der Waals surface area contributed by atoms with Crippen LogP contribution in [0.25, 0.3) is 0 Å². The largest absolute Gasteiger partial charge is 0.396 e. The molecule has 102 valence electrons. The smallest absolute Gasteiger partial charge is 0.271 e. The number of carbonyl (C=O) groups excluding carboxylic acids is 1. The molecule has 0 saturated heterocycles. The number of aryl methyl sites for hydroxylation is 2. The number of rotatable bonds is 6. The Kier molecular flexibility index (Phi) is 4.90. The van der Waals surface area contributed by atoms with Crippen LogP contribution in [0.3, 0.4) is 0 Å². The first-order valence-electron chi connectivity index (χ1n) is 6.25. The highest BCUT2D eigenvalue weighted by molar-refractivity contribution is 5.92. The van der Waals surface area contributed by atoms with E-state index in [0.29, 0.717) is 12.2 Å². The Morgan fingerprint density at radius 1 is 1.56 bits per heavy atom. The van der Waals surface area contributed by atoms with Gasteiger partial charge < -0.3 is 10.4 Å². The highest BCUT2D eigenvalue weighted by Crippen LogP contribution is 2.20. The van der Waals surface area contributed by atoms with Crippen molar-refractivity contribution < 1.29 is 9.90 Å². The first kappa shape index (κ1) is 14.7. The van der Waals surface area contributed by atoms with Crippen molar-refractivity contribution >= 4 is 5.91 Å². The lowest BCUT2D eigenvalue weighted by Gasteiger charge is -2.21. The number of hydrogen-bond donors (Lipinski definition) is 2. The molecule has 0 aliphatic carbocycles. The normalized spacial score (nSPS) is 11.6. The average molecular weight is 253 g/mol. The van der Waals surface area contributed by atoms with Gasteiger partial charge >= 0.3 is 0 Å². The van der Waals surface area contributed by atoms with E-state index in [1.54, 1.807) is 10.7 Å². The zero-order chi connectivity index (χ0) is 13.8. The molecular formula is C13H23N3O2. The molecule has 0 bridgehead atoms. The van der Waals surface area contributed by atoms with Crippen molar-refractivity contribution in [2.24, 2.45) is 12.5 Å². The molecule has 0 radical (unpaired) electrons. The number of aliphatic hydroxyl groups excluding tert-OH is 1. The minimum atomic E-state index is -0.138. The van der Waals surface area contributed by atoms with Gasteiger partial charge in [-0.3, -0.25) is 9.48 Å². The molecule has 1 rings (SSSR count). The van der Waals surface area contributed by atoms with E-state index in [0.717, 1.165) is 18.5 Å². The molecule has 0 unspecified atom stereocenters. The van der Waals surface area contributed by atoms with Crippen LogP contribution in [0.4, 0.5) is 0 Å². The Morgan fingerprint density at radius 2 is 2.22 bits per heavy atom. The molecule has 1 amide bonds. The van der Waals surface area contributed by atoms with Crippen LogP contribution in [0, 0.1) is 12.3 Å². The summed E-state index contributed by atoms with van der Waals surface area (Å²) in [6.07, 6.45) is 1.73. The van der Waals surface area contributed by atoms with Gasteiger partial charge in [-0.1, -0.05) is 13.8 Å². The maximum atomic E-state index is 11.8. The number of carbonyl (C=O) groups is 1. The molecule has 18 heavy (non-hydrogen) atoms. The molecule has 5 heteroatoms. The first-order valence-corrected chi connectivity index (χ1v) is 6.25. The lowest BCUT2D eigenvalue weighted by molar-refractivity contribution is 0.0943. The van der Waals surface area contributed by atoms with Gasteiger partial charge in [0.05, 0.1) is 0 Å². The fourth-order valence-electron chi connectivity index (χ4n) is 1.61. The van der Waals surface area contributed by atoms with E-state index in [1.807, 2.05) is 27.8 Å². The van der Waals surface area contributed by atoms with Crippen molar-refractivity contribution in [3.05, 3.63) is 17.5 Å². The summed E-state index contributed by atoms with van der Waals surface area (Å²) in [5.74, 6) is -0.138. The summed E-state index contributed by atoms with van der Waals surface area (Å²) in [5.41, 5.74) is 1.34. The van der Waals surface area contributed by atoms with Gasteiger partial charge in [-0.25, -0.2) is 0 Å². The predicted octanol–water partition coefficient (Wildman–Crippen LogP) is 1.26. The minimum absolute atomic E-state index is 0.0771. The van der Waals surface area contributed by atoms with E-state index >= 15 is 0 Å². The molecule has 1 aromatic rings. The van der Waals surface area contributed by atoms with Crippen LogP contribution in [0.15, 0.2) is 6.07 Å². The van der Waals surface area contributed by atoms with Crippen LogP contribution in [0.5, 0.6) is 0 Å².